The third-order valence-electron chi connectivity index (χ3n) is 4.54. The van der Waals surface area contributed by atoms with E-state index in [9.17, 15) is 4.79 Å². The predicted octanol–water partition coefficient (Wildman–Crippen LogP) is 2.96. The summed E-state index contributed by atoms with van der Waals surface area (Å²) in [6, 6.07) is 3.86. The molecule has 1 aromatic heterocycles. The van der Waals surface area contributed by atoms with Gasteiger partial charge in [-0.25, -0.2) is 4.98 Å². The highest BCUT2D eigenvalue weighted by Crippen LogP contribution is 2.45. The van der Waals surface area contributed by atoms with Gasteiger partial charge in [0.15, 0.2) is 11.5 Å². The Hall–Kier alpha value is -2.35. The van der Waals surface area contributed by atoms with Crippen LogP contribution < -0.4 is 14.2 Å². The van der Waals surface area contributed by atoms with Crippen molar-refractivity contribution in [1.82, 2.24) is 14.5 Å². The van der Waals surface area contributed by atoms with Crippen molar-refractivity contribution in [3.8, 4) is 17.2 Å². The Morgan fingerprint density at radius 1 is 1.15 bits per heavy atom. The van der Waals surface area contributed by atoms with Crippen LogP contribution in [0.4, 0.5) is 0 Å². The molecule has 0 spiro atoms. The van der Waals surface area contributed by atoms with Crippen LogP contribution in [0.1, 0.15) is 23.8 Å². The van der Waals surface area contributed by atoms with E-state index in [1.54, 1.807) is 45.6 Å². The monoisotopic (exact) mass is 391 g/mol. The lowest BCUT2D eigenvalue weighted by Gasteiger charge is -2.36. The van der Waals surface area contributed by atoms with E-state index in [1.165, 1.54) is 0 Å². The number of amides is 1. The van der Waals surface area contributed by atoms with E-state index >= 15 is 0 Å². The van der Waals surface area contributed by atoms with Gasteiger partial charge in [-0.3, -0.25) is 4.79 Å². The van der Waals surface area contributed by atoms with Crippen molar-refractivity contribution in [3.05, 3.63) is 36.4 Å². The van der Waals surface area contributed by atoms with Crippen LogP contribution in [0, 0.1) is 0 Å². The molecule has 2 aromatic rings. The molecule has 0 saturated carbocycles. The summed E-state index contributed by atoms with van der Waals surface area (Å²) >= 11 is 1.76. The number of thioether (sulfide) groups is 1. The zero-order valence-corrected chi connectivity index (χ0v) is 16.7. The highest BCUT2D eigenvalue weighted by molar-refractivity contribution is 7.99. The summed E-state index contributed by atoms with van der Waals surface area (Å²) in [4.78, 5) is 18.6. The molecule has 1 aromatic carbocycles. The summed E-state index contributed by atoms with van der Waals surface area (Å²) in [6.07, 6.45) is 6.92. The molecule has 1 amide bonds. The first kappa shape index (κ1) is 19.4. The molecule has 1 unspecified atom stereocenters. The summed E-state index contributed by atoms with van der Waals surface area (Å²) in [5, 5.41) is -0.0669. The van der Waals surface area contributed by atoms with Crippen molar-refractivity contribution >= 4 is 17.7 Å². The molecule has 146 valence electrons. The van der Waals surface area contributed by atoms with Gasteiger partial charge in [-0.1, -0.05) is 0 Å². The number of benzene rings is 1. The molecule has 3 rings (SSSR count). The third kappa shape index (κ3) is 4.32. The fraction of sp³-hybridized carbons (Fsp3) is 0.474. The zero-order chi connectivity index (χ0) is 19.2. The predicted molar refractivity (Wildman–Crippen MR) is 104 cm³/mol. The molecule has 2 heterocycles. The number of aryl methyl sites for hydroxylation is 1. The zero-order valence-electron chi connectivity index (χ0n) is 15.9. The van der Waals surface area contributed by atoms with Crippen LogP contribution in [-0.2, 0) is 11.3 Å². The Morgan fingerprint density at radius 2 is 1.89 bits per heavy atom. The molecule has 27 heavy (non-hydrogen) atoms. The Balaban J connectivity index is 1.82. The number of imidazole rings is 1. The first-order valence-corrected chi connectivity index (χ1v) is 9.89. The van der Waals surface area contributed by atoms with Crippen LogP contribution in [-0.4, -0.2) is 54.0 Å². The van der Waals surface area contributed by atoms with E-state index < -0.39 is 0 Å². The maximum absolute atomic E-state index is 12.6. The van der Waals surface area contributed by atoms with Gasteiger partial charge in [-0.15, -0.1) is 11.8 Å². The number of hydrogen-bond donors (Lipinski definition) is 0. The third-order valence-corrected chi connectivity index (χ3v) is 5.82. The van der Waals surface area contributed by atoms with Gasteiger partial charge >= 0.3 is 0 Å². The number of nitrogens with zero attached hydrogens (tertiary/aromatic N) is 3. The lowest BCUT2D eigenvalue weighted by Crippen LogP contribution is -2.38. The normalized spacial score (nSPS) is 17.1. The van der Waals surface area contributed by atoms with Crippen molar-refractivity contribution in [2.45, 2.75) is 24.8 Å². The van der Waals surface area contributed by atoms with Crippen molar-refractivity contribution in [2.24, 2.45) is 0 Å². The van der Waals surface area contributed by atoms with E-state index in [-0.39, 0.29) is 11.3 Å². The van der Waals surface area contributed by atoms with E-state index in [0.29, 0.717) is 30.2 Å². The number of carbonyl (C=O) groups is 1. The summed E-state index contributed by atoms with van der Waals surface area (Å²) in [7, 11) is 4.79. The van der Waals surface area contributed by atoms with Gasteiger partial charge in [0.1, 0.15) is 5.37 Å². The first-order valence-electron chi connectivity index (χ1n) is 8.84. The molecule has 0 radical (unpaired) electrons. The van der Waals surface area contributed by atoms with Crippen LogP contribution in [0.25, 0.3) is 0 Å². The summed E-state index contributed by atoms with van der Waals surface area (Å²) < 4.78 is 18.4. The van der Waals surface area contributed by atoms with Crippen molar-refractivity contribution < 1.29 is 19.0 Å². The highest BCUT2D eigenvalue weighted by atomic mass is 32.2. The van der Waals surface area contributed by atoms with Crippen molar-refractivity contribution in [1.29, 1.82) is 0 Å². The van der Waals surface area contributed by atoms with Crippen LogP contribution in [0.2, 0.25) is 0 Å². The van der Waals surface area contributed by atoms with Crippen molar-refractivity contribution in [2.75, 3.05) is 33.6 Å². The van der Waals surface area contributed by atoms with Gasteiger partial charge in [0.25, 0.3) is 0 Å². The van der Waals surface area contributed by atoms with E-state index in [2.05, 4.69) is 4.98 Å². The largest absolute Gasteiger partial charge is 0.493 e. The molecular formula is C19H25N3O4S. The number of hydrogen-bond acceptors (Lipinski definition) is 6. The lowest BCUT2D eigenvalue weighted by atomic mass is 10.1. The van der Waals surface area contributed by atoms with Gasteiger partial charge in [-0.2, -0.15) is 0 Å². The number of ether oxygens (including phenoxy) is 3. The minimum absolute atomic E-state index is 0.0669. The highest BCUT2D eigenvalue weighted by Gasteiger charge is 2.31. The average Bonchev–Trinajstić information content (AvgIpc) is 3.21. The fourth-order valence-corrected chi connectivity index (χ4v) is 4.47. The first-order chi connectivity index (χ1) is 13.2. The van der Waals surface area contributed by atoms with Crippen LogP contribution in [0.15, 0.2) is 30.9 Å². The molecule has 0 bridgehead atoms. The Bertz CT molecular complexity index is 741. The minimum atomic E-state index is -0.0669. The molecule has 7 nitrogen and oxygen atoms in total. The molecule has 1 atom stereocenters. The second kappa shape index (κ2) is 9.03. The minimum Gasteiger partial charge on any atom is -0.493 e. The molecule has 0 aliphatic carbocycles. The average molecular weight is 391 g/mol. The number of aromatic nitrogens is 2. The SMILES string of the molecule is COc1cc(C2SCCC(=O)N2CCCn2ccnc2)cc(OC)c1OC. The molecule has 1 aliphatic heterocycles. The second-order valence-electron chi connectivity index (χ2n) is 6.17. The second-order valence-corrected chi connectivity index (χ2v) is 7.36. The fourth-order valence-electron chi connectivity index (χ4n) is 3.23. The molecule has 1 fully saturated rings. The van der Waals surface area contributed by atoms with E-state index in [0.717, 1.165) is 24.3 Å². The smallest absolute Gasteiger partial charge is 0.224 e. The summed E-state index contributed by atoms with van der Waals surface area (Å²) in [5.74, 6) is 2.74. The lowest BCUT2D eigenvalue weighted by molar-refractivity contribution is -0.132. The van der Waals surface area contributed by atoms with E-state index in [4.69, 9.17) is 14.2 Å². The van der Waals surface area contributed by atoms with Crippen LogP contribution >= 0.6 is 11.8 Å². The Morgan fingerprint density at radius 3 is 2.48 bits per heavy atom. The number of methoxy groups -OCH3 is 3. The van der Waals surface area contributed by atoms with Crippen molar-refractivity contribution in [3.63, 3.8) is 0 Å². The Kier molecular flexibility index (Phi) is 6.49. The van der Waals surface area contributed by atoms with Gasteiger partial charge in [-0.05, 0) is 24.1 Å². The quantitative estimate of drug-likeness (QED) is 0.689. The molecule has 8 heteroatoms. The van der Waals surface area contributed by atoms with Crippen LogP contribution in [0.3, 0.4) is 0 Å². The van der Waals surface area contributed by atoms with E-state index in [1.807, 2.05) is 27.8 Å². The molecule has 0 N–H and O–H groups in total. The standard InChI is InChI=1S/C19H25N3O4S/c1-24-15-11-14(12-16(25-2)18(15)26-3)19-22(17(23)5-10-27-19)8-4-7-21-9-6-20-13-21/h6,9,11-13,19H,4-5,7-8,10H2,1-3H3. The molecular weight excluding hydrogens is 366 g/mol. The van der Waals surface area contributed by atoms with Crippen LogP contribution in [0.5, 0.6) is 17.2 Å². The van der Waals surface area contributed by atoms with Gasteiger partial charge in [0.05, 0.1) is 27.7 Å². The topological polar surface area (TPSA) is 65.8 Å². The summed E-state index contributed by atoms with van der Waals surface area (Å²) in [5.41, 5.74) is 0.977. The maximum atomic E-state index is 12.6. The van der Waals surface area contributed by atoms with Gasteiger partial charge in [0.2, 0.25) is 11.7 Å². The maximum Gasteiger partial charge on any atom is 0.224 e. The number of rotatable bonds is 8. The summed E-state index contributed by atoms with van der Waals surface area (Å²) in [6.45, 7) is 1.52. The molecule has 1 aliphatic rings. The van der Waals surface area contributed by atoms with Gasteiger partial charge in [0, 0.05) is 37.7 Å². The number of carbonyl (C=O) groups excluding carboxylic acids is 1. The Labute approximate surface area is 163 Å². The van der Waals surface area contributed by atoms with Gasteiger partial charge < -0.3 is 23.7 Å². The molecule has 1 saturated heterocycles.